The Morgan fingerprint density at radius 1 is 1.28 bits per heavy atom. The summed E-state index contributed by atoms with van der Waals surface area (Å²) < 4.78 is 16.9. The molecule has 1 aromatic carbocycles. The van der Waals surface area contributed by atoms with Gasteiger partial charge in [-0.3, -0.25) is 14.6 Å². The van der Waals surface area contributed by atoms with Crippen molar-refractivity contribution in [2.75, 3.05) is 25.6 Å². The third-order valence-corrected chi connectivity index (χ3v) is 5.68. The number of nitrogens with one attached hydrogen (secondary N) is 2. The number of carbonyl (C=O) groups is 2. The SMILES string of the molecule is COCC(=O)Nc1ccc2c(c1)[C@@H]1C[C@H](CC(=O)NCc3cccnc3)O[C@H](CO)[C@@H]1O2. The Balaban J connectivity index is 1.42. The van der Waals surface area contributed by atoms with Gasteiger partial charge in [0.05, 0.1) is 19.1 Å². The van der Waals surface area contributed by atoms with Gasteiger partial charge in [0.2, 0.25) is 11.8 Å². The largest absolute Gasteiger partial charge is 0.487 e. The zero-order chi connectivity index (χ0) is 22.5. The van der Waals surface area contributed by atoms with E-state index in [2.05, 4.69) is 15.6 Å². The van der Waals surface area contributed by atoms with Gasteiger partial charge in [-0.15, -0.1) is 0 Å². The van der Waals surface area contributed by atoms with Crippen molar-refractivity contribution >= 4 is 17.5 Å². The fourth-order valence-corrected chi connectivity index (χ4v) is 4.28. The number of hydrogen-bond acceptors (Lipinski definition) is 7. The normalized spacial score (nSPS) is 23.6. The third-order valence-electron chi connectivity index (χ3n) is 5.68. The fourth-order valence-electron chi connectivity index (χ4n) is 4.28. The lowest BCUT2D eigenvalue weighted by Gasteiger charge is -2.37. The van der Waals surface area contributed by atoms with E-state index in [9.17, 15) is 14.7 Å². The molecular formula is C23H27N3O6. The number of ether oxygens (including phenoxy) is 3. The van der Waals surface area contributed by atoms with Crippen LogP contribution in [0.3, 0.4) is 0 Å². The van der Waals surface area contributed by atoms with Gasteiger partial charge >= 0.3 is 0 Å². The average molecular weight is 441 g/mol. The number of anilines is 1. The molecule has 0 unspecified atom stereocenters. The van der Waals surface area contributed by atoms with Gasteiger partial charge in [0, 0.05) is 43.2 Å². The highest BCUT2D eigenvalue weighted by atomic mass is 16.6. The summed E-state index contributed by atoms with van der Waals surface area (Å²) in [5.74, 6) is 0.278. The zero-order valence-corrected chi connectivity index (χ0v) is 17.8. The van der Waals surface area contributed by atoms with Gasteiger partial charge in [0.1, 0.15) is 24.6 Å². The van der Waals surface area contributed by atoms with Gasteiger partial charge in [0.15, 0.2) is 0 Å². The minimum Gasteiger partial charge on any atom is -0.487 e. The van der Waals surface area contributed by atoms with Crippen LogP contribution in [0.5, 0.6) is 5.75 Å². The maximum absolute atomic E-state index is 12.5. The minimum atomic E-state index is -0.538. The number of rotatable bonds is 8. The molecule has 4 rings (SSSR count). The number of nitrogens with zero attached hydrogens (tertiary/aromatic N) is 1. The Morgan fingerprint density at radius 2 is 2.16 bits per heavy atom. The van der Waals surface area contributed by atoms with Gasteiger partial charge in [0.25, 0.3) is 0 Å². The molecule has 9 nitrogen and oxygen atoms in total. The summed E-state index contributed by atoms with van der Waals surface area (Å²) in [4.78, 5) is 28.4. The first kappa shape index (κ1) is 22.2. The van der Waals surface area contributed by atoms with Crippen molar-refractivity contribution in [2.24, 2.45) is 0 Å². The lowest BCUT2D eigenvalue weighted by molar-refractivity contribution is -0.142. The van der Waals surface area contributed by atoms with Gasteiger partial charge in [-0.05, 0) is 36.2 Å². The van der Waals surface area contributed by atoms with Crippen molar-refractivity contribution in [3.8, 4) is 5.75 Å². The minimum absolute atomic E-state index is 0.0315. The van der Waals surface area contributed by atoms with Crippen molar-refractivity contribution in [2.45, 2.75) is 43.6 Å². The number of fused-ring (bicyclic) bond motifs is 3. The molecule has 1 aromatic heterocycles. The number of amides is 2. The number of pyridine rings is 1. The molecular weight excluding hydrogens is 414 g/mol. The molecule has 2 amide bonds. The molecule has 2 aromatic rings. The highest BCUT2D eigenvalue weighted by Gasteiger charge is 2.46. The molecule has 0 bridgehead atoms. The number of hydrogen-bond donors (Lipinski definition) is 3. The Hall–Kier alpha value is -3.01. The molecule has 4 atom stereocenters. The van der Waals surface area contributed by atoms with Gasteiger partial charge in [-0.1, -0.05) is 6.07 Å². The van der Waals surface area contributed by atoms with Crippen LogP contribution in [0.25, 0.3) is 0 Å². The molecule has 1 fully saturated rings. The topological polar surface area (TPSA) is 119 Å². The summed E-state index contributed by atoms with van der Waals surface area (Å²) in [6.07, 6.45) is 2.91. The predicted octanol–water partition coefficient (Wildman–Crippen LogP) is 1.37. The standard InChI is InChI=1S/C23H27N3O6/c1-30-13-22(29)26-15-4-5-19-17(7-15)18-8-16(31-20(12-27)23(18)32-19)9-21(28)25-11-14-3-2-6-24-10-14/h2-7,10,16,18,20,23,27H,8-9,11-13H2,1H3,(H,25,28)(H,26,29)/t16-,18+,20-,23-/m1/s1. The van der Waals surface area contributed by atoms with Crippen LogP contribution in [-0.2, 0) is 25.6 Å². The molecule has 0 spiro atoms. The van der Waals surface area contributed by atoms with Crippen LogP contribution < -0.4 is 15.4 Å². The molecule has 0 aliphatic carbocycles. The van der Waals surface area contributed by atoms with E-state index in [1.165, 1.54) is 7.11 Å². The van der Waals surface area contributed by atoms with Crippen LogP contribution in [0, 0.1) is 0 Å². The molecule has 2 aliphatic heterocycles. The second-order valence-electron chi connectivity index (χ2n) is 7.98. The van der Waals surface area contributed by atoms with E-state index in [0.717, 1.165) is 11.1 Å². The van der Waals surface area contributed by atoms with E-state index in [4.69, 9.17) is 14.2 Å². The Morgan fingerprint density at radius 3 is 2.91 bits per heavy atom. The second kappa shape index (κ2) is 10.1. The zero-order valence-electron chi connectivity index (χ0n) is 17.8. The molecule has 3 N–H and O–H groups in total. The Bertz CT molecular complexity index is 954. The van der Waals surface area contributed by atoms with E-state index < -0.39 is 6.10 Å². The fraction of sp³-hybridized carbons (Fsp3) is 0.435. The van der Waals surface area contributed by atoms with Crippen molar-refractivity contribution in [3.05, 3.63) is 53.9 Å². The van der Waals surface area contributed by atoms with E-state index in [0.29, 0.717) is 24.4 Å². The first-order valence-corrected chi connectivity index (χ1v) is 10.6. The second-order valence-corrected chi connectivity index (χ2v) is 7.98. The van der Waals surface area contributed by atoms with Crippen LogP contribution >= 0.6 is 0 Å². The monoisotopic (exact) mass is 441 g/mol. The summed E-state index contributed by atoms with van der Waals surface area (Å²) >= 11 is 0. The summed E-state index contributed by atoms with van der Waals surface area (Å²) in [6.45, 7) is 0.155. The number of methoxy groups -OCH3 is 1. The molecule has 32 heavy (non-hydrogen) atoms. The predicted molar refractivity (Wildman–Crippen MR) is 115 cm³/mol. The van der Waals surface area contributed by atoms with Crippen LogP contribution in [0.2, 0.25) is 0 Å². The summed E-state index contributed by atoms with van der Waals surface area (Å²) in [5, 5.41) is 15.6. The van der Waals surface area contributed by atoms with Gasteiger partial charge < -0.3 is 30.0 Å². The molecule has 3 heterocycles. The number of aliphatic hydroxyl groups is 1. The molecule has 1 saturated heterocycles. The Kier molecular flexibility index (Phi) is 6.99. The summed E-state index contributed by atoms with van der Waals surface area (Å²) in [7, 11) is 1.46. The molecule has 170 valence electrons. The Labute approximate surface area is 186 Å². The summed E-state index contributed by atoms with van der Waals surface area (Å²) in [6, 6.07) is 9.17. The third kappa shape index (κ3) is 5.07. The maximum Gasteiger partial charge on any atom is 0.250 e. The number of aliphatic hydroxyl groups excluding tert-OH is 1. The van der Waals surface area contributed by atoms with E-state index in [1.807, 2.05) is 18.2 Å². The van der Waals surface area contributed by atoms with Crippen molar-refractivity contribution < 1.29 is 28.9 Å². The smallest absolute Gasteiger partial charge is 0.250 e. The van der Waals surface area contributed by atoms with Crippen LogP contribution in [-0.4, -0.2) is 60.5 Å². The van der Waals surface area contributed by atoms with Crippen molar-refractivity contribution in [3.63, 3.8) is 0 Å². The highest BCUT2D eigenvalue weighted by Crippen LogP contribution is 2.47. The lowest BCUT2D eigenvalue weighted by atomic mass is 9.84. The van der Waals surface area contributed by atoms with E-state index in [-0.39, 0.29) is 49.6 Å². The first-order chi connectivity index (χ1) is 15.6. The van der Waals surface area contributed by atoms with Crippen molar-refractivity contribution in [1.29, 1.82) is 0 Å². The molecule has 0 saturated carbocycles. The van der Waals surface area contributed by atoms with Crippen LogP contribution in [0.1, 0.15) is 29.9 Å². The van der Waals surface area contributed by atoms with Crippen molar-refractivity contribution in [1.82, 2.24) is 10.3 Å². The number of benzene rings is 1. The molecule has 0 radical (unpaired) electrons. The average Bonchev–Trinajstić information content (AvgIpc) is 3.16. The van der Waals surface area contributed by atoms with Crippen LogP contribution in [0.4, 0.5) is 5.69 Å². The maximum atomic E-state index is 12.5. The number of carbonyl (C=O) groups excluding carboxylic acids is 2. The molecule has 9 heteroatoms. The number of aromatic nitrogens is 1. The van der Waals surface area contributed by atoms with E-state index >= 15 is 0 Å². The lowest BCUT2D eigenvalue weighted by Crippen LogP contribution is -2.47. The van der Waals surface area contributed by atoms with E-state index in [1.54, 1.807) is 24.5 Å². The summed E-state index contributed by atoms with van der Waals surface area (Å²) in [5.41, 5.74) is 2.50. The quantitative estimate of drug-likeness (QED) is 0.566. The van der Waals surface area contributed by atoms with Gasteiger partial charge in [-0.2, -0.15) is 0 Å². The molecule has 2 aliphatic rings. The van der Waals surface area contributed by atoms with Gasteiger partial charge in [-0.25, -0.2) is 0 Å². The first-order valence-electron chi connectivity index (χ1n) is 10.6. The highest BCUT2D eigenvalue weighted by molar-refractivity contribution is 5.92. The van der Waals surface area contributed by atoms with Crippen LogP contribution in [0.15, 0.2) is 42.7 Å².